The van der Waals surface area contributed by atoms with Gasteiger partial charge < -0.3 is 10.2 Å². The number of carbonyl (C=O) groups excluding carboxylic acids is 3. The molecule has 2 heterocycles. The van der Waals surface area contributed by atoms with Crippen LogP contribution in [0.25, 0.3) is 0 Å². The molecule has 3 N–H and O–H groups in total. The van der Waals surface area contributed by atoms with E-state index < -0.39 is 42.9 Å². The molecule has 2 aliphatic heterocycles. The second-order valence-electron chi connectivity index (χ2n) is 17.0. The van der Waals surface area contributed by atoms with E-state index in [1.807, 2.05) is 82.4 Å². The Labute approximate surface area is 365 Å². The molecule has 1 unspecified atom stereocenters. The second-order valence-corrected chi connectivity index (χ2v) is 19.8. The molecule has 0 saturated carbocycles. The Morgan fingerprint density at radius 1 is 0.758 bits per heavy atom. The number of carbonyl (C=O) groups is 3. The van der Waals surface area contributed by atoms with E-state index in [0.717, 1.165) is 57.8 Å². The van der Waals surface area contributed by atoms with Crippen molar-refractivity contribution in [2.75, 3.05) is 24.5 Å². The van der Waals surface area contributed by atoms with E-state index in [9.17, 15) is 40.3 Å². The summed E-state index contributed by atoms with van der Waals surface area (Å²) in [5, 5.41) is 2.77. The molecule has 62 heavy (non-hydrogen) atoms. The SMILES string of the molecule is CC1(C)C(C=CC=C2N(CCCCCC(=O)NCCN3C(=O)C=CC3=O)c3ccc(S(=O)(=O)O)cc3C2(C)C)=CC(CCCC2=CC=CC=CC=C2)c2ccc(S(=O)(=O)O)cc21. The first kappa shape index (κ1) is 46.1. The van der Waals surface area contributed by atoms with Gasteiger partial charge in [0.1, 0.15) is 0 Å². The third-order valence-electron chi connectivity index (χ3n) is 12.1. The Kier molecular flexibility index (Phi) is 14.1. The minimum absolute atomic E-state index is 0.0188. The van der Waals surface area contributed by atoms with E-state index in [2.05, 4.69) is 28.4 Å². The highest BCUT2D eigenvalue weighted by molar-refractivity contribution is 7.86. The van der Waals surface area contributed by atoms with Gasteiger partial charge in [0, 0.05) is 66.3 Å². The molecular weight excluding hydrogens is 827 g/mol. The number of fused-ring (bicyclic) bond motifs is 2. The number of imide groups is 1. The third-order valence-corrected chi connectivity index (χ3v) is 13.8. The van der Waals surface area contributed by atoms with Crippen LogP contribution >= 0.6 is 0 Å². The summed E-state index contributed by atoms with van der Waals surface area (Å²) in [5.74, 6) is -0.981. The van der Waals surface area contributed by atoms with Crippen LogP contribution in [0.4, 0.5) is 5.69 Å². The topological polar surface area (TPSA) is 178 Å². The number of anilines is 1. The summed E-state index contributed by atoms with van der Waals surface area (Å²) in [7, 11) is -8.91. The average molecular weight is 882 g/mol. The van der Waals surface area contributed by atoms with E-state index in [1.54, 1.807) is 12.1 Å². The van der Waals surface area contributed by atoms with Crippen LogP contribution in [-0.2, 0) is 45.4 Å². The van der Waals surface area contributed by atoms with Crippen LogP contribution in [0.5, 0.6) is 0 Å². The number of benzene rings is 2. The van der Waals surface area contributed by atoms with E-state index in [0.29, 0.717) is 25.8 Å². The van der Waals surface area contributed by atoms with E-state index >= 15 is 0 Å². The number of allylic oxidation sites excluding steroid dienone is 14. The maximum atomic E-state index is 12.5. The number of nitrogens with zero attached hydrogens (tertiary/aromatic N) is 2. The Morgan fingerprint density at radius 2 is 1.42 bits per heavy atom. The van der Waals surface area contributed by atoms with Gasteiger partial charge >= 0.3 is 0 Å². The number of rotatable bonds is 17. The van der Waals surface area contributed by atoms with Crippen LogP contribution < -0.4 is 10.2 Å². The molecule has 12 nitrogen and oxygen atoms in total. The van der Waals surface area contributed by atoms with Crippen LogP contribution in [0, 0.1) is 0 Å². The normalized spacial score (nSPS) is 19.8. The molecule has 0 spiro atoms. The molecule has 3 amide bonds. The Balaban J connectivity index is 1.22. The molecule has 2 aliphatic carbocycles. The number of hydrogen-bond acceptors (Lipinski definition) is 8. The Hall–Kier alpha value is -5.41. The predicted molar refractivity (Wildman–Crippen MR) is 241 cm³/mol. The van der Waals surface area contributed by atoms with E-state index in [-0.39, 0.29) is 41.1 Å². The molecule has 2 aromatic carbocycles. The lowest BCUT2D eigenvalue weighted by Crippen LogP contribution is -2.38. The fraction of sp³-hybridized carbons (Fsp3) is 0.354. The predicted octanol–water partition coefficient (Wildman–Crippen LogP) is 8.10. The largest absolute Gasteiger partial charge is 0.354 e. The van der Waals surface area contributed by atoms with Crippen molar-refractivity contribution in [3.05, 3.63) is 149 Å². The summed E-state index contributed by atoms with van der Waals surface area (Å²) in [6, 6.07) is 9.48. The first-order chi connectivity index (χ1) is 29.3. The third kappa shape index (κ3) is 10.6. The van der Waals surface area contributed by atoms with Gasteiger partial charge in [-0.3, -0.25) is 28.4 Å². The van der Waals surface area contributed by atoms with Gasteiger partial charge in [-0.25, -0.2) is 0 Å². The van der Waals surface area contributed by atoms with Crippen molar-refractivity contribution in [2.24, 2.45) is 0 Å². The summed E-state index contributed by atoms with van der Waals surface area (Å²) >= 11 is 0. The maximum absolute atomic E-state index is 12.5. The maximum Gasteiger partial charge on any atom is 0.294 e. The van der Waals surface area contributed by atoms with Crippen molar-refractivity contribution in [3.63, 3.8) is 0 Å². The molecule has 4 aliphatic rings. The quantitative estimate of drug-likeness (QED) is 0.0799. The lowest BCUT2D eigenvalue weighted by Gasteiger charge is -2.37. The first-order valence-corrected chi connectivity index (χ1v) is 23.8. The molecule has 6 rings (SSSR count). The lowest BCUT2D eigenvalue weighted by atomic mass is 9.67. The minimum Gasteiger partial charge on any atom is -0.354 e. The van der Waals surface area contributed by atoms with E-state index in [1.165, 1.54) is 35.9 Å². The Morgan fingerprint density at radius 3 is 2.13 bits per heavy atom. The monoisotopic (exact) mass is 881 g/mol. The fourth-order valence-electron chi connectivity index (χ4n) is 8.61. The van der Waals surface area contributed by atoms with Gasteiger partial charge in [-0.05, 0) is 96.3 Å². The van der Waals surface area contributed by atoms with Gasteiger partial charge in [0.25, 0.3) is 32.1 Å². The van der Waals surface area contributed by atoms with Gasteiger partial charge in [0.15, 0.2) is 0 Å². The smallest absolute Gasteiger partial charge is 0.294 e. The number of unbranched alkanes of at least 4 members (excludes halogenated alkanes) is 2. The highest BCUT2D eigenvalue weighted by Crippen LogP contribution is 2.49. The molecule has 14 heteroatoms. The zero-order valence-corrected chi connectivity index (χ0v) is 37.2. The summed E-state index contributed by atoms with van der Waals surface area (Å²) < 4.78 is 69.0. The van der Waals surface area contributed by atoms with Crippen LogP contribution in [0.3, 0.4) is 0 Å². The average Bonchev–Trinajstić information content (AvgIpc) is 3.62. The van der Waals surface area contributed by atoms with Gasteiger partial charge in [0.2, 0.25) is 5.91 Å². The standard InChI is InChI=1S/C48H55N3O9S2/c1-47(2)36(31-35(18-13-17-34-15-9-6-5-7-10-16-34)39-24-22-37(32-40(39)47)61(55,56)57)19-14-20-43-48(3,4)41-33-38(62(58,59)60)23-25-42(41)50(43)29-12-8-11-21-44(52)49-28-30-51-45(53)26-27-46(51)54/h5-7,9-10,14-16,19-20,22-27,31-33,35H,8,11-13,17-18,21,28-30H2,1-4H3,(H,49,52)(H,55,56,57)(H,58,59,60). The van der Waals surface area contributed by atoms with Gasteiger partial charge in [-0.1, -0.05) is 101 Å². The summed E-state index contributed by atoms with van der Waals surface area (Å²) in [6.45, 7) is 8.92. The number of nitrogens with one attached hydrogen (secondary N) is 1. The van der Waals surface area contributed by atoms with Crippen molar-refractivity contribution in [1.29, 1.82) is 0 Å². The molecule has 0 bridgehead atoms. The van der Waals surface area contributed by atoms with Gasteiger partial charge in [-0.2, -0.15) is 16.8 Å². The Bertz CT molecular complexity index is 2570. The van der Waals surface area contributed by atoms with Crippen LogP contribution in [0.1, 0.15) is 95.2 Å². The molecule has 328 valence electrons. The van der Waals surface area contributed by atoms with E-state index in [4.69, 9.17) is 0 Å². The lowest BCUT2D eigenvalue weighted by molar-refractivity contribution is -0.137. The highest BCUT2D eigenvalue weighted by atomic mass is 32.2. The molecule has 1 atom stereocenters. The molecule has 0 fully saturated rings. The number of amides is 3. The molecular formula is C48H55N3O9S2. The highest BCUT2D eigenvalue weighted by Gasteiger charge is 2.41. The molecule has 0 radical (unpaired) electrons. The van der Waals surface area contributed by atoms with Crippen LogP contribution in [0.15, 0.2) is 142 Å². The first-order valence-electron chi connectivity index (χ1n) is 20.9. The molecule has 0 aromatic heterocycles. The fourth-order valence-corrected chi connectivity index (χ4v) is 9.62. The zero-order chi connectivity index (χ0) is 44.9. The summed E-state index contributed by atoms with van der Waals surface area (Å²) in [5.41, 5.74) is 5.16. The second kappa shape index (κ2) is 18.9. The summed E-state index contributed by atoms with van der Waals surface area (Å²) in [6.07, 6.45) is 29.8. The van der Waals surface area contributed by atoms with Crippen molar-refractivity contribution >= 4 is 43.6 Å². The molecule has 0 saturated heterocycles. The van der Waals surface area contributed by atoms with Crippen molar-refractivity contribution < 1.29 is 40.3 Å². The number of hydrogen-bond donors (Lipinski definition) is 3. The van der Waals surface area contributed by atoms with Crippen molar-refractivity contribution in [2.45, 2.75) is 99.2 Å². The van der Waals surface area contributed by atoms with Crippen LogP contribution in [0.2, 0.25) is 0 Å². The van der Waals surface area contributed by atoms with Crippen LogP contribution in [-0.4, -0.2) is 68.2 Å². The summed E-state index contributed by atoms with van der Waals surface area (Å²) in [4.78, 5) is 39.0. The minimum atomic E-state index is -4.46. The van der Waals surface area contributed by atoms with Gasteiger partial charge in [-0.15, -0.1) is 0 Å². The van der Waals surface area contributed by atoms with Crippen molar-refractivity contribution in [3.8, 4) is 0 Å². The van der Waals surface area contributed by atoms with Gasteiger partial charge in [0.05, 0.1) is 9.79 Å². The van der Waals surface area contributed by atoms with Crippen molar-refractivity contribution in [1.82, 2.24) is 10.2 Å². The molecule has 2 aromatic rings. The zero-order valence-electron chi connectivity index (χ0n) is 35.6.